The molecule has 23 heavy (non-hydrogen) atoms. The van der Waals surface area contributed by atoms with Crippen molar-refractivity contribution in [2.24, 2.45) is 0 Å². The summed E-state index contributed by atoms with van der Waals surface area (Å²) in [6, 6.07) is 9.64. The molecule has 0 aliphatic carbocycles. The second-order valence-corrected chi connectivity index (χ2v) is 7.18. The summed E-state index contributed by atoms with van der Waals surface area (Å²) < 4.78 is 0.256. The Balaban J connectivity index is 1.77. The molecule has 116 valence electrons. The van der Waals surface area contributed by atoms with E-state index >= 15 is 0 Å². The van der Waals surface area contributed by atoms with Crippen LogP contribution in [-0.4, -0.2) is 26.3 Å². The van der Waals surface area contributed by atoms with Gasteiger partial charge in [0, 0.05) is 10.4 Å². The monoisotopic (exact) mass is 362 g/mol. The van der Waals surface area contributed by atoms with Crippen LogP contribution >= 0.6 is 35.3 Å². The molecule has 0 radical (unpaired) electrons. The number of amides is 2. The van der Waals surface area contributed by atoms with Gasteiger partial charge in [0.25, 0.3) is 11.8 Å². The maximum absolute atomic E-state index is 12.4. The number of nitrogens with one attached hydrogen (secondary N) is 1. The Morgan fingerprint density at radius 1 is 1.30 bits per heavy atom. The van der Waals surface area contributed by atoms with E-state index in [2.05, 4.69) is 5.43 Å². The molecule has 0 saturated carbocycles. The van der Waals surface area contributed by atoms with E-state index in [4.69, 9.17) is 12.2 Å². The number of rotatable bonds is 3. The molecule has 2 N–H and O–H groups in total. The number of hydrogen-bond donors (Lipinski definition) is 2. The summed E-state index contributed by atoms with van der Waals surface area (Å²) in [5, 5.41) is 12.4. The predicted octanol–water partition coefficient (Wildman–Crippen LogP) is 3.00. The van der Waals surface area contributed by atoms with Crippen molar-refractivity contribution in [3.63, 3.8) is 0 Å². The molecule has 1 aliphatic heterocycles. The van der Waals surface area contributed by atoms with Crippen molar-refractivity contribution in [1.82, 2.24) is 10.4 Å². The first-order valence-corrected chi connectivity index (χ1v) is 8.56. The Labute approximate surface area is 145 Å². The lowest BCUT2D eigenvalue weighted by atomic mass is 10.2. The molecule has 3 rings (SSSR count). The van der Waals surface area contributed by atoms with Gasteiger partial charge in [0.2, 0.25) is 0 Å². The number of benzene rings is 1. The van der Waals surface area contributed by atoms with Crippen molar-refractivity contribution in [2.75, 3.05) is 0 Å². The van der Waals surface area contributed by atoms with Gasteiger partial charge in [-0.05, 0) is 47.9 Å². The van der Waals surface area contributed by atoms with E-state index in [9.17, 15) is 14.7 Å². The number of hydrogen-bond acceptors (Lipinski definition) is 6. The highest BCUT2D eigenvalue weighted by Gasteiger charge is 2.33. The van der Waals surface area contributed by atoms with Gasteiger partial charge >= 0.3 is 0 Å². The molecule has 2 heterocycles. The van der Waals surface area contributed by atoms with Crippen molar-refractivity contribution < 1.29 is 14.7 Å². The second kappa shape index (κ2) is 6.53. The number of thiophene rings is 1. The van der Waals surface area contributed by atoms with E-state index in [0.717, 1.165) is 21.6 Å². The Morgan fingerprint density at radius 2 is 2.13 bits per heavy atom. The standard InChI is InChI=1S/C15H10N2O3S3/c18-10-4-1-3-9(7-10)13(19)16-17-14(20)12(23-15(17)21)8-11-5-2-6-22-11/h1-8,18H,(H,16,19)/b12-8+. The largest absolute Gasteiger partial charge is 0.508 e. The van der Waals surface area contributed by atoms with Crippen molar-refractivity contribution in [1.29, 1.82) is 0 Å². The molecule has 1 aromatic carbocycles. The normalized spacial score (nSPS) is 16.2. The second-order valence-electron chi connectivity index (χ2n) is 4.52. The molecule has 2 aromatic rings. The number of phenols is 1. The molecule has 0 spiro atoms. The summed E-state index contributed by atoms with van der Waals surface area (Å²) in [6.45, 7) is 0. The fraction of sp³-hybridized carbons (Fsp3) is 0. The topological polar surface area (TPSA) is 69.6 Å². The molecule has 1 saturated heterocycles. The van der Waals surface area contributed by atoms with E-state index in [0.29, 0.717) is 4.91 Å². The van der Waals surface area contributed by atoms with Gasteiger partial charge < -0.3 is 5.11 Å². The lowest BCUT2D eigenvalue weighted by molar-refractivity contribution is -0.123. The van der Waals surface area contributed by atoms with Gasteiger partial charge in [0.1, 0.15) is 5.75 Å². The molecule has 0 atom stereocenters. The minimum atomic E-state index is -0.519. The van der Waals surface area contributed by atoms with Crippen LogP contribution in [0.1, 0.15) is 15.2 Å². The number of phenolic OH excluding ortho intramolecular Hbond substituents is 1. The first-order chi connectivity index (χ1) is 11.0. The Hall–Kier alpha value is -2.16. The minimum absolute atomic E-state index is 0.0272. The highest BCUT2D eigenvalue weighted by Crippen LogP contribution is 2.32. The van der Waals surface area contributed by atoms with Crippen molar-refractivity contribution in [2.45, 2.75) is 0 Å². The van der Waals surface area contributed by atoms with Gasteiger partial charge in [-0.25, -0.2) is 0 Å². The van der Waals surface area contributed by atoms with Crippen LogP contribution in [0.5, 0.6) is 5.75 Å². The Morgan fingerprint density at radius 3 is 2.83 bits per heavy atom. The zero-order valence-corrected chi connectivity index (χ0v) is 14.0. The molecule has 0 bridgehead atoms. The van der Waals surface area contributed by atoms with Crippen LogP contribution in [0.4, 0.5) is 0 Å². The van der Waals surface area contributed by atoms with Gasteiger partial charge in [-0.2, -0.15) is 5.01 Å². The van der Waals surface area contributed by atoms with Crippen molar-refractivity contribution in [3.8, 4) is 5.75 Å². The van der Waals surface area contributed by atoms with Gasteiger partial charge in [0.05, 0.1) is 4.91 Å². The summed E-state index contributed by atoms with van der Waals surface area (Å²) in [4.78, 5) is 25.9. The van der Waals surface area contributed by atoms with Crippen LogP contribution in [0.25, 0.3) is 6.08 Å². The summed E-state index contributed by atoms with van der Waals surface area (Å²) >= 11 is 7.79. The third-order valence-corrected chi connectivity index (χ3v) is 5.05. The molecular weight excluding hydrogens is 352 g/mol. The van der Waals surface area contributed by atoms with Crippen LogP contribution in [0, 0.1) is 0 Å². The molecule has 0 unspecified atom stereocenters. The highest BCUT2D eigenvalue weighted by molar-refractivity contribution is 8.26. The van der Waals surface area contributed by atoms with Gasteiger partial charge in [-0.1, -0.05) is 23.9 Å². The number of carbonyl (C=O) groups is 2. The number of hydrazine groups is 1. The maximum Gasteiger partial charge on any atom is 0.285 e. The molecule has 5 nitrogen and oxygen atoms in total. The third kappa shape index (κ3) is 3.44. The number of carbonyl (C=O) groups excluding carboxylic acids is 2. The van der Waals surface area contributed by atoms with E-state index in [-0.39, 0.29) is 21.5 Å². The summed E-state index contributed by atoms with van der Waals surface area (Å²) in [7, 11) is 0. The first-order valence-electron chi connectivity index (χ1n) is 6.46. The van der Waals surface area contributed by atoms with Crippen LogP contribution in [0.3, 0.4) is 0 Å². The smallest absolute Gasteiger partial charge is 0.285 e. The number of nitrogens with zero attached hydrogens (tertiary/aromatic N) is 1. The molecule has 2 amide bonds. The summed E-state index contributed by atoms with van der Waals surface area (Å²) in [6.07, 6.45) is 1.74. The van der Waals surface area contributed by atoms with E-state index in [1.54, 1.807) is 12.1 Å². The lowest BCUT2D eigenvalue weighted by Crippen LogP contribution is -2.44. The third-order valence-electron chi connectivity index (χ3n) is 2.93. The average molecular weight is 362 g/mol. The van der Waals surface area contributed by atoms with Crippen molar-refractivity contribution >= 4 is 57.5 Å². The fourth-order valence-electron chi connectivity index (χ4n) is 1.88. The quantitative estimate of drug-likeness (QED) is 0.649. The van der Waals surface area contributed by atoms with E-state index in [1.807, 2.05) is 17.5 Å². The fourth-order valence-corrected chi connectivity index (χ4v) is 3.78. The molecule has 8 heteroatoms. The summed E-state index contributed by atoms with van der Waals surface area (Å²) in [5.41, 5.74) is 2.70. The number of thiocarbonyl (C=S) groups is 1. The lowest BCUT2D eigenvalue weighted by Gasteiger charge is -2.15. The van der Waals surface area contributed by atoms with Crippen molar-refractivity contribution in [3.05, 3.63) is 57.1 Å². The zero-order valence-electron chi connectivity index (χ0n) is 11.6. The van der Waals surface area contributed by atoms with Gasteiger partial charge in [-0.3, -0.25) is 15.0 Å². The van der Waals surface area contributed by atoms with Crippen LogP contribution in [0.15, 0.2) is 46.7 Å². The van der Waals surface area contributed by atoms with E-state index < -0.39 is 5.91 Å². The highest BCUT2D eigenvalue weighted by atomic mass is 32.2. The molecule has 1 aliphatic rings. The van der Waals surface area contributed by atoms with Crippen LogP contribution in [-0.2, 0) is 4.79 Å². The maximum atomic E-state index is 12.4. The molecule has 1 aromatic heterocycles. The average Bonchev–Trinajstić information content (AvgIpc) is 3.12. The van der Waals surface area contributed by atoms with Gasteiger partial charge in [0.15, 0.2) is 4.32 Å². The number of thioether (sulfide) groups is 1. The molecular formula is C15H10N2O3S3. The molecule has 1 fully saturated rings. The first kappa shape index (κ1) is 15.7. The van der Waals surface area contributed by atoms with Gasteiger partial charge in [-0.15, -0.1) is 11.3 Å². The zero-order chi connectivity index (χ0) is 16.4. The minimum Gasteiger partial charge on any atom is -0.508 e. The van der Waals surface area contributed by atoms with Crippen LogP contribution in [0.2, 0.25) is 0 Å². The SMILES string of the molecule is O=C(NN1C(=O)/C(=C\c2cccs2)SC1=S)c1cccc(O)c1. The Kier molecular flexibility index (Phi) is 4.46. The van der Waals surface area contributed by atoms with E-state index in [1.165, 1.54) is 29.5 Å². The summed E-state index contributed by atoms with van der Waals surface area (Å²) in [5.74, 6) is -0.919. The number of aromatic hydroxyl groups is 1. The van der Waals surface area contributed by atoms with Crippen LogP contribution < -0.4 is 5.43 Å². The Bertz CT molecular complexity index is 815. The predicted molar refractivity (Wildman–Crippen MR) is 94.9 cm³/mol.